The van der Waals surface area contributed by atoms with Crippen LogP contribution in [0, 0.1) is 0 Å². The van der Waals surface area contributed by atoms with Crippen LogP contribution in [0.3, 0.4) is 0 Å². The Morgan fingerprint density at radius 1 is 0.273 bits per heavy atom. The van der Waals surface area contributed by atoms with Crippen molar-refractivity contribution in [1.29, 1.82) is 0 Å². The maximum absolute atomic E-state index is 2.41. The smallest absolute Gasteiger partial charge is 0.0465 e. The van der Waals surface area contributed by atoms with Crippen molar-refractivity contribution >= 4 is 17.1 Å². The monoisotopic (exact) mass is 705 g/mol. The predicted octanol–water partition coefficient (Wildman–Crippen LogP) is 14.8. The summed E-state index contributed by atoms with van der Waals surface area (Å²) in [5.41, 5.74) is 21.6. The summed E-state index contributed by atoms with van der Waals surface area (Å²) in [6.07, 6.45) is 0. The van der Waals surface area contributed by atoms with Crippen molar-refractivity contribution in [1.82, 2.24) is 0 Å². The molecule has 0 N–H and O–H groups in total. The molecule has 2 aliphatic rings. The molecule has 0 radical (unpaired) electrons. The number of hydrogen-bond donors (Lipinski definition) is 0. The summed E-state index contributed by atoms with van der Waals surface area (Å²) in [7, 11) is 0. The number of hydrogen-bond acceptors (Lipinski definition) is 1. The van der Waals surface area contributed by atoms with E-state index in [1.165, 1.54) is 77.9 Å². The van der Waals surface area contributed by atoms with Crippen molar-refractivity contribution in [3.8, 4) is 55.6 Å². The number of anilines is 3. The highest BCUT2D eigenvalue weighted by Crippen LogP contribution is 2.51. The highest BCUT2D eigenvalue weighted by molar-refractivity contribution is 5.87. The van der Waals surface area contributed by atoms with E-state index in [1.54, 1.807) is 0 Å². The molecule has 0 unspecified atom stereocenters. The van der Waals surface area contributed by atoms with Crippen molar-refractivity contribution in [3.63, 3.8) is 0 Å². The van der Waals surface area contributed by atoms with Gasteiger partial charge in [0.15, 0.2) is 0 Å². The quantitative estimate of drug-likeness (QED) is 0.166. The molecular formula is C54H43N. The zero-order chi connectivity index (χ0) is 37.3. The van der Waals surface area contributed by atoms with E-state index >= 15 is 0 Å². The van der Waals surface area contributed by atoms with Crippen molar-refractivity contribution in [3.05, 3.63) is 210 Å². The molecule has 1 heteroatoms. The number of benzene rings is 8. The van der Waals surface area contributed by atoms with Crippen LogP contribution in [0.15, 0.2) is 188 Å². The van der Waals surface area contributed by atoms with Gasteiger partial charge in [0.1, 0.15) is 0 Å². The molecular weight excluding hydrogens is 663 g/mol. The molecule has 0 aliphatic heterocycles. The van der Waals surface area contributed by atoms with Crippen LogP contribution >= 0.6 is 0 Å². The lowest BCUT2D eigenvalue weighted by molar-refractivity contribution is 0.660. The topological polar surface area (TPSA) is 3.24 Å². The lowest BCUT2D eigenvalue weighted by Gasteiger charge is -2.28. The maximum atomic E-state index is 2.41. The van der Waals surface area contributed by atoms with Crippen LogP contribution in [0.5, 0.6) is 0 Å². The molecule has 0 atom stereocenters. The molecule has 0 fully saturated rings. The second-order valence-corrected chi connectivity index (χ2v) is 16.2. The van der Waals surface area contributed by atoms with Crippen LogP contribution in [0.25, 0.3) is 55.6 Å². The molecule has 2 aliphatic carbocycles. The molecule has 8 aromatic carbocycles. The fraction of sp³-hybridized carbons (Fsp3) is 0.111. The first-order chi connectivity index (χ1) is 26.8. The van der Waals surface area contributed by atoms with Gasteiger partial charge >= 0.3 is 0 Å². The summed E-state index contributed by atoms with van der Waals surface area (Å²) in [6.45, 7) is 9.40. The fourth-order valence-corrected chi connectivity index (χ4v) is 9.25. The lowest BCUT2D eigenvalue weighted by atomic mass is 9.81. The van der Waals surface area contributed by atoms with Crippen LogP contribution in [0.1, 0.15) is 49.9 Å². The van der Waals surface area contributed by atoms with E-state index in [2.05, 4.69) is 221 Å². The van der Waals surface area contributed by atoms with Crippen molar-refractivity contribution in [2.45, 2.75) is 38.5 Å². The Labute approximate surface area is 325 Å². The van der Waals surface area contributed by atoms with E-state index in [4.69, 9.17) is 0 Å². The SMILES string of the molecule is CC1(C)c2ccccc2-c2ccc(-c3ccc(-c4ccc(N(c5ccc(-c6ccccc6)cc5)c5ccc6c(c5)C(C)(C)c5ccccc5-6)cc4)cc3)cc21. The second kappa shape index (κ2) is 12.6. The van der Waals surface area contributed by atoms with Crippen LogP contribution in [-0.2, 0) is 10.8 Å². The van der Waals surface area contributed by atoms with Gasteiger partial charge in [0.05, 0.1) is 0 Å². The van der Waals surface area contributed by atoms with E-state index in [0.29, 0.717) is 0 Å². The standard InChI is InChI=1S/C54H43N/c1-53(2)49-16-10-8-14-45(49)47-32-26-41(34-51(47)53)40-20-18-37(19-21-40)39-24-29-43(30-25-39)55(42-27-22-38(23-28-42)36-12-6-5-7-13-36)44-31-33-48-46-15-9-11-17-50(46)54(3,4)52(48)35-44/h5-35H,1-4H3. The van der Waals surface area contributed by atoms with E-state index in [0.717, 1.165) is 17.1 Å². The van der Waals surface area contributed by atoms with Gasteiger partial charge < -0.3 is 4.90 Å². The van der Waals surface area contributed by atoms with Crippen LogP contribution in [-0.4, -0.2) is 0 Å². The van der Waals surface area contributed by atoms with Crippen molar-refractivity contribution in [2.75, 3.05) is 4.90 Å². The van der Waals surface area contributed by atoms with Crippen LogP contribution in [0.2, 0.25) is 0 Å². The average molecular weight is 706 g/mol. The van der Waals surface area contributed by atoms with Gasteiger partial charge in [-0.15, -0.1) is 0 Å². The molecule has 0 saturated carbocycles. The number of nitrogens with zero attached hydrogens (tertiary/aromatic N) is 1. The van der Waals surface area contributed by atoms with Gasteiger partial charge in [-0.1, -0.05) is 173 Å². The van der Waals surface area contributed by atoms with E-state index in [9.17, 15) is 0 Å². The third-order valence-corrected chi connectivity index (χ3v) is 12.3. The highest BCUT2D eigenvalue weighted by Gasteiger charge is 2.36. The Morgan fingerprint density at radius 2 is 0.618 bits per heavy atom. The molecule has 1 nitrogen and oxygen atoms in total. The molecule has 0 bridgehead atoms. The molecule has 8 aromatic rings. The van der Waals surface area contributed by atoms with Gasteiger partial charge in [-0.2, -0.15) is 0 Å². The fourth-order valence-electron chi connectivity index (χ4n) is 9.25. The zero-order valence-electron chi connectivity index (χ0n) is 31.8. The predicted molar refractivity (Wildman–Crippen MR) is 233 cm³/mol. The summed E-state index contributed by atoms with van der Waals surface area (Å²) in [5, 5.41) is 0. The normalized spacial score (nSPS) is 14.1. The molecule has 0 aromatic heterocycles. The first-order valence-corrected chi connectivity index (χ1v) is 19.4. The Bertz CT molecular complexity index is 2720. The zero-order valence-corrected chi connectivity index (χ0v) is 31.8. The van der Waals surface area contributed by atoms with Gasteiger partial charge in [-0.05, 0) is 120 Å². The molecule has 0 heterocycles. The van der Waals surface area contributed by atoms with E-state index in [1.807, 2.05) is 0 Å². The molecule has 0 saturated heterocycles. The molecule has 264 valence electrons. The van der Waals surface area contributed by atoms with Crippen molar-refractivity contribution in [2.24, 2.45) is 0 Å². The third kappa shape index (κ3) is 5.37. The van der Waals surface area contributed by atoms with Gasteiger partial charge in [0.2, 0.25) is 0 Å². The van der Waals surface area contributed by atoms with Gasteiger partial charge in [-0.3, -0.25) is 0 Å². The van der Waals surface area contributed by atoms with Crippen LogP contribution < -0.4 is 4.90 Å². The Morgan fingerprint density at radius 3 is 1.15 bits per heavy atom. The minimum absolute atomic E-state index is 0.0115. The first-order valence-electron chi connectivity index (χ1n) is 19.4. The molecule has 0 spiro atoms. The second-order valence-electron chi connectivity index (χ2n) is 16.2. The Balaban J connectivity index is 0.984. The summed E-state index contributed by atoms with van der Waals surface area (Å²) < 4.78 is 0. The summed E-state index contributed by atoms with van der Waals surface area (Å²) in [6, 6.07) is 69.4. The minimum Gasteiger partial charge on any atom is -0.310 e. The molecule has 55 heavy (non-hydrogen) atoms. The van der Waals surface area contributed by atoms with E-state index < -0.39 is 0 Å². The van der Waals surface area contributed by atoms with Gasteiger partial charge in [0, 0.05) is 27.9 Å². The number of fused-ring (bicyclic) bond motifs is 6. The van der Waals surface area contributed by atoms with Gasteiger partial charge in [0.25, 0.3) is 0 Å². The Hall–Kier alpha value is -6.44. The van der Waals surface area contributed by atoms with Crippen molar-refractivity contribution < 1.29 is 0 Å². The van der Waals surface area contributed by atoms with Gasteiger partial charge in [-0.25, -0.2) is 0 Å². The maximum Gasteiger partial charge on any atom is 0.0465 e. The number of rotatable bonds is 6. The Kier molecular flexibility index (Phi) is 7.58. The molecule has 0 amide bonds. The van der Waals surface area contributed by atoms with Crippen LogP contribution in [0.4, 0.5) is 17.1 Å². The first kappa shape index (κ1) is 33.2. The van der Waals surface area contributed by atoms with E-state index in [-0.39, 0.29) is 10.8 Å². The summed E-state index contributed by atoms with van der Waals surface area (Å²) >= 11 is 0. The average Bonchev–Trinajstić information content (AvgIpc) is 3.61. The largest absolute Gasteiger partial charge is 0.310 e. The summed E-state index contributed by atoms with van der Waals surface area (Å²) in [4.78, 5) is 2.40. The third-order valence-electron chi connectivity index (χ3n) is 12.3. The summed E-state index contributed by atoms with van der Waals surface area (Å²) in [5.74, 6) is 0. The lowest BCUT2D eigenvalue weighted by Crippen LogP contribution is -2.16. The minimum atomic E-state index is -0.0816. The highest BCUT2D eigenvalue weighted by atomic mass is 15.1. The molecule has 10 rings (SSSR count).